The second-order valence-electron chi connectivity index (χ2n) is 11.8. The maximum Gasteiger partial charge on any atom is 0.263 e. The highest BCUT2D eigenvalue weighted by Crippen LogP contribution is 2.59. The molecule has 1 saturated heterocycles. The third-order valence-electron chi connectivity index (χ3n) is 8.35. The predicted octanol–water partition coefficient (Wildman–Crippen LogP) is 5.09. The first-order chi connectivity index (χ1) is 21.2. The molecule has 45 heavy (non-hydrogen) atoms. The molecule has 4 amide bonds. The highest BCUT2D eigenvalue weighted by atomic mass is 35.5. The third kappa shape index (κ3) is 6.09. The average Bonchev–Trinajstić information content (AvgIpc) is 3.25. The molecule has 1 fully saturated rings. The van der Waals surface area contributed by atoms with Crippen LogP contribution in [0.5, 0.6) is 5.75 Å². The second-order valence-corrected chi connectivity index (χ2v) is 12.7. The van der Waals surface area contributed by atoms with E-state index in [1.165, 1.54) is 19.1 Å². The van der Waals surface area contributed by atoms with E-state index in [0.717, 1.165) is 0 Å². The molecule has 3 aromatic rings. The van der Waals surface area contributed by atoms with Crippen molar-refractivity contribution < 1.29 is 28.3 Å². The number of hydrogen-bond donors (Lipinski definition) is 4. The van der Waals surface area contributed by atoms with Gasteiger partial charge in [-0.2, -0.15) is 0 Å². The fourth-order valence-electron chi connectivity index (χ4n) is 6.28. The summed E-state index contributed by atoms with van der Waals surface area (Å²) in [4.78, 5) is 52.3. The molecule has 3 atom stereocenters. The third-order valence-corrected chi connectivity index (χ3v) is 8.82. The van der Waals surface area contributed by atoms with Gasteiger partial charge in [-0.15, -0.1) is 0 Å². The largest absolute Gasteiger partial charge is 0.478 e. The van der Waals surface area contributed by atoms with Crippen molar-refractivity contribution in [3.8, 4) is 5.75 Å². The molecule has 0 saturated carbocycles. The van der Waals surface area contributed by atoms with Gasteiger partial charge in [0.25, 0.3) is 5.91 Å². The Balaban J connectivity index is 1.65. The normalized spacial score (nSPS) is 20.7. The summed E-state index contributed by atoms with van der Waals surface area (Å²) in [7, 11) is 0. The Labute approximate surface area is 270 Å². The molecule has 4 N–H and O–H groups in total. The van der Waals surface area contributed by atoms with Crippen LogP contribution in [0, 0.1) is 12.7 Å². The van der Waals surface area contributed by atoms with E-state index in [4.69, 9.17) is 27.9 Å². The van der Waals surface area contributed by atoms with Gasteiger partial charge >= 0.3 is 0 Å². The number of nitrogens with one attached hydrogen (secondary N) is 4. The maximum absolute atomic E-state index is 14.7. The van der Waals surface area contributed by atoms with Crippen LogP contribution < -0.4 is 26.0 Å². The fraction of sp³-hybridized carbons (Fsp3) is 0.333. The zero-order chi connectivity index (χ0) is 32.7. The van der Waals surface area contributed by atoms with Gasteiger partial charge in [-0.25, -0.2) is 4.39 Å². The molecule has 0 unspecified atom stereocenters. The fourth-order valence-corrected chi connectivity index (χ4v) is 6.63. The first kappa shape index (κ1) is 32.2. The van der Waals surface area contributed by atoms with Crippen molar-refractivity contribution in [2.75, 3.05) is 18.4 Å². The van der Waals surface area contributed by atoms with Crippen LogP contribution in [0.25, 0.3) is 0 Å². The standard InChI is InChI=1S/C33H33Cl2FN4O5/c1-17-5-8-21(36)15-22(17)29-33(24-9-6-20(35)14-26(24)39-31(33)44)25(16-28(42)40-29)23-13-19(34)7-10-27(23)45-32(3,4)30(43)38-12-11-37-18(2)41/h5-10,13-15,25,29H,11-12,16H2,1-4H3,(H,37,41)(H,38,43)(H,39,44)(H,40,42)/t25-,29+,33-/m1/s1. The summed E-state index contributed by atoms with van der Waals surface area (Å²) in [6.07, 6.45) is -0.138. The van der Waals surface area contributed by atoms with Crippen LogP contribution in [-0.4, -0.2) is 42.3 Å². The number of aryl methyl sites for hydroxylation is 1. The minimum Gasteiger partial charge on any atom is -0.478 e. The van der Waals surface area contributed by atoms with Gasteiger partial charge in [0.2, 0.25) is 17.7 Å². The van der Waals surface area contributed by atoms with Crippen molar-refractivity contribution in [2.45, 2.75) is 57.1 Å². The van der Waals surface area contributed by atoms with E-state index >= 15 is 0 Å². The van der Waals surface area contributed by atoms with E-state index in [1.807, 2.05) is 0 Å². The van der Waals surface area contributed by atoms with Crippen LogP contribution in [0.15, 0.2) is 54.6 Å². The molecule has 0 aliphatic carbocycles. The number of halogens is 3. The van der Waals surface area contributed by atoms with Crippen LogP contribution in [-0.2, 0) is 24.6 Å². The molecule has 3 aromatic carbocycles. The lowest BCUT2D eigenvalue weighted by molar-refractivity contribution is -0.135. The maximum atomic E-state index is 14.7. The Morgan fingerprint density at radius 2 is 1.69 bits per heavy atom. The summed E-state index contributed by atoms with van der Waals surface area (Å²) in [5.74, 6) is -2.59. The van der Waals surface area contributed by atoms with Crippen LogP contribution in [0.1, 0.15) is 61.4 Å². The Kier molecular flexibility index (Phi) is 8.83. The molecule has 2 aliphatic heterocycles. The Morgan fingerprint density at radius 3 is 2.42 bits per heavy atom. The summed E-state index contributed by atoms with van der Waals surface area (Å²) in [5.41, 5.74) is -0.322. The van der Waals surface area contributed by atoms with E-state index in [2.05, 4.69) is 21.3 Å². The summed E-state index contributed by atoms with van der Waals surface area (Å²) in [6.45, 7) is 6.75. The number of anilines is 1. The molecule has 0 aromatic heterocycles. The first-order valence-electron chi connectivity index (χ1n) is 14.4. The highest BCUT2D eigenvalue weighted by molar-refractivity contribution is 6.31. The van der Waals surface area contributed by atoms with Crippen LogP contribution in [0.4, 0.5) is 10.1 Å². The van der Waals surface area contributed by atoms with Gasteiger partial charge in [-0.1, -0.05) is 35.3 Å². The van der Waals surface area contributed by atoms with Gasteiger partial charge in [0.05, 0.1) is 6.04 Å². The molecule has 1 spiro atoms. The smallest absolute Gasteiger partial charge is 0.263 e. The minimum atomic E-state index is -1.49. The highest BCUT2D eigenvalue weighted by Gasteiger charge is 2.62. The molecular weight excluding hydrogens is 622 g/mol. The lowest BCUT2D eigenvalue weighted by atomic mass is 9.59. The zero-order valence-electron chi connectivity index (χ0n) is 25.1. The average molecular weight is 656 g/mol. The lowest BCUT2D eigenvalue weighted by Gasteiger charge is -2.47. The molecular formula is C33H33Cl2FN4O5. The van der Waals surface area contributed by atoms with Gasteiger partial charge in [0.15, 0.2) is 5.60 Å². The second kappa shape index (κ2) is 12.3. The summed E-state index contributed by atoms with van der Waals surface area (Å²) in [6, 6.07) is 13.1. The van der Waals surface area contributed by atoms with Crippen molar-refractivity contribution in [3.05, 3.63) is 92.7 Å². The van der Waals surface area contributed by atoms with Gasteiger partial charge in [-0.05, 0) is 79.9 Å². The molecule has 9 nitrogen and oxygen atoms in total. The first-order valence-corrected chi connectivity index (χ1v) is 15.2. The van der Waals surface area contributed by atoms with Gasteiger partial charge < -0.3 is 26.0 Å². The van der Waals surface area contributed by atoms with Crippen molar-refractivity contribution in [1.82, 2.24) is 16.0 Å². The molecule has 12 heteroatoms. The minimum absolute atomic E-state index is 0.138. The quantitative estimate of drug-likeness (QED) is 0.252. The number of rotatable bonds is 8. The van der Waals surface area contributed by atoms with Crippen LogP contribution >= 0.6 is 23.2 Å². The monoisotopic (exact) mass is 654 g/mol. The number of piperidine rings is 1. The molecule has 5 rings (SSSR count). The number of amides is 4. The van der Waals surface area contributed by atoms with Gasteiger partial charge in [0.1, 0.15) is 17.0 Å². The number of carbonyl (C=O) groups is 4. The van der Waals surface area contributed by atoms with Crippen LogP contribution in [0.2, 0.25) is 10.0 Å². The van der Waals surface area contributed by atoms with E-state index in [1.54, 1.807) is 63.2 Å². The van der Waals surface area contributed by atoms with Gasteiger partial charge in [0, 0.05) is 53.6 Å². The predicted molar refractivity (Wildman–Crippen MR) is 169 cm³/mol. The molecule has 0 radical (unpaired) electrons. The van der Waals surface area contributed by atoms with E-state index in [-0.39, 0.29) is 37.1 Å². The Morgan fingerprint density at radius 1 is 1.00 bits per heavy atom. The molecule has 2 aliphatic rings. The number of carbonyl (C=O) groups excluding carboxylic acids is 4. The van der Waals surface area contributed by atoms with E-state index in [9.17, 15) is 23.6 Å². The Hall–Kier alpha value is -4.15. The van der Waals surface area contributed by atoms with Crippen molar-refractivity contribution in [1.29, 1.82) is 0 Å². The molecule has 0 bridgehead atoms. The van der Waals surface area contributed by atoms with Crippen molar-refractivity contribution in [3.63, 3.8) is 0 Å². The van der Waals surface area contributed by atoms with Crippen molar-refractivity contribution in [2.24, 2.45) is 0 Å². The lowest BCUT2D eigenvalue weighted by Crippen LogP contribution is -2.57. The number of fused-ring (bicyclic) bond motifs is 2. The van der Waals surface area contributed by atoms with Gasteiger partial charge in [-0.3, -0.25) is 19.2 Å². The Bertz CT molecular complexity index is 1710. The summed E-state index contributed by atoms with van der Waals surface area (Å²) in [5, 5.41) is 12.0. The van der Waals surface area contributed by atoms with Crippen molar-refractivity contribution >= 4 is 52.5 Å². The van der Waals surface area contributed by atoms with E-state index in [0.29, 0.717) is 38.0 Å². The SMILES string of the molecule is CC(=O)NCCNC(=O)C(C)(C)Oc1ccc(Cl)cc1[C@H]1CC(=O)N[C@@H](c2cc(F)ccc2C)[C@]12C(=O)Nc1cc(Cl)ccc12. The number of hydrogen-bond acceptors (Lipinski definition) is 5. The molecule has 236 valence electrons. The van der Waals surface area contributed by atoms with E-state index < -0.39 is 40.6 Å². The van der Waals surface area contributed by atoms with Crippen LogP contribution in [0.3, 0.4) is 0 Å². The topological polar surface area (TPSA) is 126 Å². The molecule has 2 heterocycles. The number of benzene rings is 3. The number of ether oxygens (including phenoxy) is 1. The summed E-state index contributed by atoms with van der Waals surface area (Å²) < 4.78 is 21.1. The zero-order valence-corrected chi connectivity index (χ0v) is 26.7. The summed E-state index contributed by atoms with van der Waals surface area (Å²) >= 11 is 12.8.